The second-order valence-corrected chi connectivity index (χ2v) is 15.2. The Labute approximate surface area is 292 Å². The first-order valence-electron chi connectivity index (χ1n) is 17.0. The summed E-state index contributed by atoms with van der Waals surface area (Å²) < 4.78 is 26.7. The van der Waals surface area contributed by atoms with Crippen molar-refractivity contribution < 1.29 is 17.9 Å². The lowest BCUT2D eigenvalue weighted by molar-refractivity contribution is -0.122. The first kappa shape index (κ1) is 35.9. The molecule has 0 saturated heterocycles. The van der Waals surface area contributed by atoms with Crippen LogP contribution in [0.15, 0.2) is 65.6 Å². The normalized spacial score (nSPS) is 13.3. The van der Waals surface area contributed by atoms with Crippen LogP contribution in [-0.2, 0) is 26.7 Å². The number of hydrogen-bond acceptors (Lipinski definition) is 6. The summed E-state index contributed by atoms with van der Waals surface area (Å²) in [5.41, 5.74) is 7.05. The molecule has 2 atom stereocenters. The van der Waals surface area contributed by atoms with Gasteiger partial charge in [0.1, 0.15) is 5.75 Å². The molecule has 2 aromatic heterocycles. The molecule has 0 aliphatic heterocycles. The lowest BCUT2D eigenvalue weighted by atomic mass is 9.76. The van der Waals surface area contributed by atoms with Gasteiger partial charge in [0.25, 0.3) is 5.91 Å². The number of anilines is 1. The Morgan fingerprint density at radius 1 is 0.918 bits per heavy atom. The van der Waals surface area contributed by atoms with Crippen molar-refractivity contribution in [3.05, 3.63) is 88.5 Å². The van der Waals surface area contributed by atoms with Gasteiger partial charge in [-0.1, -0.05) is 84.9 Å². The number of carbonyl (C=O) groups excluding carboxylic acids is 1. The molecule has 2 unspecified atom stereocenters. The molecule has 1 amide bonds. The van der Waals surface area contributed by atoms with Gasteiger partial charge in [-0.2, -0.15) is 0 Å². The first-order chi connectivity index (χ1) is 23.2. The average molecular weight is 684 g/mol. The van der Waals surface area contributed by atoms with E-state index in [1.54, 1.807) is 22.7 Å². The summed E-state index contributed by atoms with van der Waals surface area (Å²) in [7, 11) is 0. The number of nitrogens with one attached hydrogen (secondary N) is 2. The van der Waals surface area contributed by atoms with Crippen LogP contribution in [0.4, 0.5) is 5.69 Å². The number of ether oxygens (including phenoxy) is 1. The standard InChI is InChI=1S/C39H49N5O4S/c1-11-30(47-31-20-19-27(38(7,8)12-2)22-29(31)39(9,10)13-3)37(45)40-35-25(5)21-24(4)34(26(35)6)36-42-41-32-23-33(43-44(32)36)48-49(46)28-17-15-14-16-18-28/h14-23,30,43H,11-13H2,1-10H3,(H,40,45). The molecule has 0 spiro atoms. The highest BCUT2D eigenvalue weighted by molar-refractivity contribution is 7.80. The molecule has 0 aliphatic rings. The fourth-order valence-electron chi connectivity index (χ4n) is 6.00. The Morgan fingerprint density at radius 2 is 1.61 bits per heavy atom. The highest BCUT2D eigenvalue weighted by Gasteiger charge is 2.30. The maximum Gasteiger partial charge on any atom is 0.265 e. The van der Waals surface area contributed by atoms with Gasteiger partial charge < -0.3 is 14.2 Å². The summed E-state index contributed by atoms with van der Waals surface area (Å²) in [5.74, 6) is 1.37. The summed E-state index contributed by atoms with van der Waals surface area (Å²) in [6, 6.07) is 19.1. The summed E-state index contributed by atoms with van der Waals surface area (Å²) in [4.78, 5) is 14.5. The van der Waals surface area contributed by atoms with Crippen LogP contribution in [-0.4, -0.2) is 36.0 Å². The van der Waals surface area contributed by atoms with Crippen molar-refractivity contribution in [2.75, 3.05) is 5.32 Å². The zero-order valence-corrected chi connectivity index (χ0v) is 31.2. The number of aromatic nitrogens is 4. The largest absolute Gasteiger partial charge is 0.480 e. The van der Waals surface area contributed by atoms with Gasteiger partial charge >= 0.3 is 0 Å². The van der Waals surface area contributed by atoms with Gasteiger partial charge in [0.05, 0.1) is 4.90 Å². The molecule has 5 rings (SSSR count). The lowest BCUT2D eigenvalue weighted by Crippen LogP contribution is -2.34. The third-order valence-corrected chi connectivity index (χ3v) is 10.9. The summed E-state index contributed by atoms with van der Waals surface area (Å²) >= 11 is -1.70. The minimum Gasteiger partial charge on any atom is -0.480 e. The molecule has 260 valence electrons. The van der Waals surface area contributed by atoms with E-state index in [4.69, 9.17) is 8.92 Å². The number of nitrogens with zero attached hydrogens (tertiary/aromatic N) is 3. The topological polar surface area (TPSA) is 111 Å². The number of aryl methyl sites for hydroxylation is 2. The molecular weight excluding hydrogens is 635 g/mol. The van der Waals surface area contributed by atoms with E-state index in [0.29, 0.717) is 34.4 Å². The molecule has 49 heavy (non-hydrogen) atoms. The van der Waals surface area contributed by atoms with Gasteiger partial charge in [-0.3, -0.25) is 9.89 Å². The molecule has 10 heteroatoms. The van der Waals surface area contributed by atoms with Crippen LogP contribution < -0.4 is 14.2 Å². The minimum absolute atomic E-state index is 0.0302. The van der Waals surface area contributed by atoms with Crippen LogP contribution in [0.5, 0.6) is 11.6 Å². The van der Waals surface area contributed by atoms with E-state index >= 15 is 0 Å². The molecular formula is C39H49N5O4S. The van der Waals surface area contributed by atoms with E-state index in [1.807, 2.05) is 58.0 Å². The number of fused-ring (bicyclic) bond motifs is 1. The SMILES string of the molecule is CCC(Oc1ccc(C(C)(C)CC)cc1C(C)(C)CC)C(=O)Nc1c(C)cc(C)c(-c2nnc3cc(OS(=O)c4ccccc4)[nH]n23)c1C. The number of hydrogen-bond donors (Lipinski definition) is 2. The second kappa shape index (κ2) is 14.2. The van der Waals surface area contributed by atoms with Gasteiger partial charge in [0.15, 0.2) is 17.6 Å². The van der Waals surface area contributed by atoms with Crippen molar-refractivity contribution in [1.82, 2.24) is 19.8 Å². The van der Waals surface area contributed by atoms with Crippen molar-refractivity contribution in [3.63, 3.8) is 0 Å². The van der Waals surface area contributed by atoms with Crippen molar-refractivity contribution in [3.8, 4) is 23.0 Å². The average Bonchev–Trinajstić information content (AvgIpc) is 3.66. The Balaban J connectivity index is 1.44. The van der Waals surface area contributed by atoms with E-state index in [9.17, 15) is 9.00 Å². The zero-order chi connectivity index (χ0) is 35.7. The number of benzene rings is 3. The van der Waals surface area contributed by atoms with Crippen LogP contribution in [0.1, 0.15) is 95.5 Å². The van der Waals surface area contributed by atoms with Crippen LogP contribution in [0.25, 0.3) is 17.0 Å². The van der Waals surface area contributed by atoms with Crippen molar-refractivity contribution in [2.45, 2.75) is 110 Å². The molecule has 0 bridgehead atoms. The van der Waals surface area contributed by atoms with Crippen LogP contribution in [0, 0.1) is 20.8 Å². The van der Waals surface area contributed by atoms with E-state index in [0.717, 1.165) is 46.4 Å². The van der Waals surface area contributed by atoms with Gasteiger partial charge in [0.2, 0.25) is 17.0 Å². The number of carbonyl (C=O) groups is 1. The number of aromatic amines is 1. The quantitative estimate of drug-likeness (QED) is 0.128. The van der Waals surface area contributed by atoms with Crippen molar-refractivity contribution in [1.29, 1.82) is 0 Å². The fraction of sp³-hybridized carbons (Fsp3) is 0.410. The monoisotopic (exact) mass is 683 g/mol. The Kier molecular flexibility index (Phi) is 10.4. The highest BCUT2D eigenvalue weighted by atomic mass is 32.2. The predicted octanol–water partition coefficient (Wildman–Crippen LogP) is 8.92. The number of amides is 1. The third-order valence-electron chi connectivity index (χ3n) is 9.91. The maximum atomic E-state index is 14.0. The van der Waals surface area contributed by atoms with Gasteiger partial charge in [-0.25, -0.2) is 8.72 Å². The molecule has 5 aromatic rings. The Hall–Kier alpha value is -4.44. The summed E-state index contributed by atoms with van der Waals surface area (Å²) in [5, 5.41) is 15.1. The Bertz CT molecular complexity index is 1990. The minimum atomic E-state index is -1.70. The molecule has 9 nitrogen and oxygen atoms in total. The van der Waals surface area contributed by atoms with Crippen molar-refractivity contribution >= 4 is 28.3 Å². The van der Waals surface area contributed by atoms with Crippen LogP contribution in [0.3, 0.4) is 0 Å². The third kappa shape index (κ3) is 7.29. The Morgan fingerprint density at radius 3 is 2.27 bits per heavy atom. The molecule has 0 aliphatic carbocycles. The number of H-pyrrole nitrogens is 1. The lowest BCUT2D eigenvalue weighted by Gasteiger charge is -2.31. The molecule has 0 fully saturated rings. The summed E-state index contributed by atoms with van der Waals surface area (Å²) in [6.07, 6.45) is 1.75. The van der Waals surface area contributed by atoms with E-state index in [1.165, 1.54) is 5.56 Å². The maximum absolute atomic E-state index is 14.0. The molecule has 0 radical (unpaired) electrons. The molecule has 3 aromatic carbocycles. The summed E-state index contributed by atoms with van der Waals surface area (Å²) in [6.45, 7) is 21.3. The fourth-order valence-corrected chi connectivity index (χ4v) is 6.73. The molecule has 0 saturated carbocycles. The smallest absolute Gasteiger partial charge is 0.265 e. The number of rotatable bonds is 13. The van der Waals surface area contributed by atoms with E-state index in [2.05, 4.69) is 74.3 Å². The predicted molar refractivity (Wildman–Crippen MR) is 197 cm³/mol. The van der Waals surface area contributed by atoms with Gasteiger partial charge in [-0.15, -0.1) is 10.2 Å². The van der Waals surface area contributed by atoms with Crippen LogP contribution in [0.2, 0.25) is 0 Å². The van der Waals surface area contributed by atoms with E-state index < -0.39 is 17.2 Å². The van der Waals surface area contributed by atoms with Crippen molar-refractivity contribution in [2.24, 2.45) is 0 Å². The highest BCUT2D eigenvalue weighted by Crippen LogP contribution is 2.39. The van der Waals surface area contributed by atoms with Gasteiger partial charge in [-0.05, 0) is 91.3 Å². The first-order valence-corrected chi connectivity index (χ1v) is 18.1. The molecule has 2 heterocycles. The van der Waals surface area contributed by atoms with E-state index in [-0.39, 0.29) is 16.7 Å². The second-order valence-electron chi connectivity index (χ2n) is 14.0. The zero-order valence-electron chi connectivity index (χ0n) is 30.4. The van der Waals surface area contributed by atoms with Gasteiger partial charge in [0, 0.05) is 22.9 Å². The van der Waals surface area contributed by atoms with Crippen LogP contribution >= 0.6 is 0 Å². The molecule has 2 N–H and O–H groups in total.